The van der Waals surface area contributed by atoms with Gasteiger partial charge in [0.25, 0.3) is 0 Å². The number of likely N-dealkylation sites (N-methyl/N-ethyl adjacent to an activating group) is 1. The molecular weight excluding hydrogens is 267 g/mol. The summed E-state index contributed by atoms with van der Waals surface area (Å²) in [5, 5.41) is 6.97. The lowest BCUT2D eigenvalue weighted by molar-refractivity contribution is -0.141. The Balaban J connectivity index is 2.20. The smallest absolute Gasteiger partial charge is 0.315 e. The third kappa shape index (κ3) is 3.16. The molecule has 0 aliphatic heterocycles. The Bertz CT molecular complexity index is 439. The van der Waals surface area contributed by atoms with Crippen molar-refractivity contribution < 1.29 is 13.2 Å². The van der Waals surface area contributed by atoms with E-state index in [-0.39, 0.29) is 12.1 Å². The fraction of sp³-hybridized carbons (Fsp3) is 0.786. The van der Waals surface area contributed by atoms with Crippen LogP contribution in [0.25, 0.3) is 0 Å². The van der Waals surface area contributed by atoms with Crippen molar-refractivity contribution in [1.82, 2.24) is 15.1 Å². The molecule has 2 rings (SSSR count). The zero-order valence-corrected chi connectivity index (χ0v) is 12.1. The molecule has 1 fully saturated rings. The fourth-order valence-corrected chi connectivity index (χ4v) is 3.09. The van der Waals surface area contributed by atoms with E-state index in [0.717, 1.165) is 25.3 Å². The quantitative estimate of drug-likeness (QED) is 0.923. The average molecular weight is 289 g/mol. The van der Waals surface area contributed by atoms with Crippen LogP contribution in [0.1, 0.15) is 44.8 Å². The molecule has 6 heteroatoms. The van der Waals surface area contributed by atoms with Crippen LogP contribution >= 0.6 is 0 Å². The minimum absolute atomic E-state index is 0.00255. The van der Waals surface area contributed by atoms with Gasteiger partial charge in [0.15, 0.2) is 5.69 Å². The molecule has 3 atom stereocenters. The third-order valence-corrected chi connectivity index (χ3v) is 4.41. The highest BCUT2D eigenvalue weighted by atomic mass is 19.4. The van der Waals surface area contributed by atoms with Crippen molar-refractivity contribution in [2.45, 2.75) is 51.4 Å². The van der Waals surface area contributed by atoms with Gasteiger partial charge in [0.05, 0.1) is 6.04 Å². The van der Waals surface area contributed by atoms with Crippen LogP contribution in [0, 0.1) is 11.8 Å². The van der Waals surface area contributed by atoms with Crippen molar-refractivity contribution in [2.75, 3.05) is 7.05 Å². The lowest BCUT2D eigenvalue weighted by Gasteiger charge is -2.37. The van der Waals surface area contributed by atoms with E-state index in [4.69, 9.17) is 0 Å². The molecule has 0 amide bonds. The van der Waals surface area contributed by atoms with Crippen LogP contribution in [0.2, 0.25) is 0 Å². The molecule has 1 saturated carbocycles. The number of hydrogen-bond donors (Lipinski definition) is 1. The number of halogens is 3. The molecule has 3 unspecified atom stereocenters. The molecular formula is C14H22F3N3. The number of rotatable bonds is 3. The Hall–Kier alpha value is -1.04. The highest BCUT2D eigenvalue weighted by Gasteiger charge is 2.36. The van der Waals surface area contributed by atoms with E-state index < -0.39 is 11.9 Å². The summed E-state index contributed by atoms with van der Waals surface area (Å²) in [5.41, 5.74) is -0.806. The van der Waals surface area contributed by atoms with Crippen molar-refractivity contribution in [3.05, 3.63) is 18.0 Å². The van der Waals surface area contributed by atoms with Crippen LogP contribution in [0.3, 0.4) is 0 Å². The third-order valence-electron chi connectivity index (χ3n) is 4.41. The second kappa shape index (κ2) is 5.76. The minimum atomic E-state index is -4.37. The van der Waals surface area contributed by atoms with Crippen LogP contribution in [-0.4, -0.2) is 22.9 Å². The molecule has 1 aromatic rings. The predicted octanol–water partition coefficient (Wildman–Crippen LogP) is 3.49. The Labute approximate surface area is 117 Å². The van der Waals surface area contributed by atoms with E-state index in [9.17, 15) is 13.2 Å². The van der Waals surface area contributed by atoms with Gasteiger partial charge in [-0.15, -0.1) is 0 Å². The van der Waals surface area contributed by atoms with E-state index in [1.54, 1.807) is 0 Å². The summed E-state index contributed by atoms with van der Waals surface area (Å²) < 4.78 is 39.5. The normalized spacial score (nSPS) is 28.1. The van der Waals surface area contributed by atoms with E-state index in [0.29, 0.717) is 11.8 Å². The largest absolute Gasteiger partial charge is 0.435 e. The summed E-state index contributed by atoms with van der Waals surface area (Å²) in [7, 11) is 1.86. The predicted molar refractivity (Wildman–Crippen MR) is 71.3 cm³/mol. The van der Waals surface area contributed by atoms with Gasteiger partial charge in [-0.2, -0.15) is 18.3 Å². The Morgan fingerprint density at radius 3 is 2.55 bits per heavy atom. The summed E-state index contributed by atoms with van der Waals surface area (Å²) in [6, 6.07) is 1.24. The van der Waals surface area contributed by atoms with Crippen LogP contribution in [-0.2, 0) is 6.18 Å². The summed E-state index contributed by atoms with van der Waals surface area (Å²) in [6.07, 6.45) is 0.0630. The van der Waals surface area contributed by atoms with Crippen molar-refractivity contribution >= 4 is 0 Å². The fourth-order valence-electron chi connectivity index (χ4n) is 3.09. The van der Waals surface area contributed by atoms with Gasteiger partial charge < -0.3 is 5.32 Å². The molecule has 0 bridgehead atoms. The first-order chi connectivity index (χ1) is 9.32. The molecule has 114 valence electrons. The number of nitrogens with zero attached hydrogens (tertiary/aromatic N) is 2. The molecule has 20 heavy (non-hydrogen) atoms. The maximum Gasteiger partial charge on any atom is 0.435 e. The first kappa shape index (κ1) is 15.4. The van der Waals surface area contributed by atoms with Gasteiger partial charge in [-0.25, -0.2) is 0 Å². The number of nitrogens with one attached hydrogen (secondary N) is 1. The Morgan fingerprint density at radius 1 is 1.35 bits per heavy atom. The van der Waals surface area contributed by atoms with Crippen LogP contribution < -0.4 is 5.32 Å². The molecule has 1 heterocycles. The maximum absolute atomic E-state index is 12.7. The number of aromatic nitrogens is 2. The zero-order chi connectivity index (χ0) is 14.9. The molecule has 0 saturated heterocycles. The van der Waals surface area contributed by atoms with Gasteiger partial charge >= 0.3 is 6.18 Å². The second-order valence-corrected chi connectivity index (χ2v) is 5.96. The summed E-state index contributed by atoms with van der Waals surface area (Å²) in [5.74, 6) is 1.09. The van der Waals surface area contributed by atoms with Crippen LogP contribution in [0.15, 0.2) is 12.3 Å². The van der Waals surface area contributed by atoms with Crippen molar-refractivity contribution in [2.24, 2.45) is 11.8 Å². The Morgan fingerprint density at radius 2 is 2.05 bits per heavy atom. The van der Waals surface area contributed by atoms with Gasteiger partial charge in [-0.3, -0.25) is 4.68 Å². The van der Waals surface area contributed by atoms with Gasteiger partial charge in [0, 0.05) is 12.2 Å². The topological polar surface area (TPSA) is 29.9 Å². The van der Waals surface area contributed by atoms with Crippen LogP contribution in [0.4, 0.5) is 13.2 Å². The van der Waals surface area contributed by atoms with Gasteiger partial charge in [0.2, 0.25) is 0 Å². The highest BCUT2D eigenvalue weighted by Crippen LogP contribution is 2.37. The van der Waals surface area contributed by atoms with Gasteiger partial charge in [-0.05, 0) is 44.2 Å². The molecule has 1 aliphatic rings. The zero-order valence-electron chi connectivity index (χ0n) is 12.1. The van der Waals surface area contributed by atoms with E-state index in [1.165, 1.54) is 10.9 Å². The number of alkyl halides is 3. The van der Waals surface area contributed by atoms with Crippen molar-refractivity contribution in [1.29, 1.82) is 0 Å². The molecule has 0 spiro atoms. The van der Waals surface area contributed by atoms with E-state index in [1.807, 2.05) is 7.05 Å². The van der Waals surface area contributed by atoms with E-state index in [2.05, 4.69) is 24.3 Å². The summed E-state index contributed by atoms with van der Waals surface area (Å²) >= 11 is 0. The first-order valence-corrected chi connectivity index (χ1v) is 7.12. The Kier molecular flexibility index (Phi) is 4.42. The van der Waals surface area contributed by atoms with Crippen molar-refractivity contribution in [3.63, 3.8) is 0 Å². The van der Waals surface area contributed by atoms with Gasteiger partial charge in [-0.1, -0.05) is 13.8 Å². The lowest BCUT2D eigenvalue weighted by atomic mass is 9.77. The second-order valence-electron chi connectivity index (χ2n) is 5.96. The van der Waals surface area contributed by atoms with Gasteiger partial charge in [0.1, 0.15) is 0 Å². The molecule has 1 aliphatic carbocycles. The first-order valence-electron chi connectivity index (χ1n) is 7.12. The molecule has 1 N–H and O–H groups in total. The SMILES string of the molecule is CNC1CCC(C(C)C)CC1n1ccc(C(F)(F)F)n1. The standard InChI is InChI=1S/C14H22F3N3/c1-9(2)10-4-5-11(18-3)12(8-10)20-7-6-13(19-20)14(15,16)17/h6-7,9-12,18H,4-5,8H2,1-3H3. The summed E-state index contributed by atoms with van der Waals surface area (Å²) in [4.78, 5) is 0. The molecule has 3 nitrogen and oxygen atoms in total. The minimum Gasteiger partial charge on any atom is -0.315 e. The lowest BCUT2D eigenvalue weighted by Crippen LogP contribution is -2.41. The van der Waals surface area contributed by atoms with Crippen LogP contribution in [0.5, 0.6) is 0 Å². The average Bonchev–Trinajstić information content (AvgIpc) is 2.87. The highest BCUT2D eigenvalue weighted by molar-refractivity contribution is 5.05. The summed E-state index contributed by atoms with van der Waals surface area (Å²) in [6.45, 7) is 4.34. The molecule has 0 aromatic carbocycles. The van der Waals surface area contributed by atoms with E-state index >= 15 is 0 Å². The molecule has 1 aromatic heterocycles. The molecule has 0 radical (unpaired) electrons. The monoisotopic (exact) mass is 289 g/mol. The van der Waals surface area contributed by atoms with Crippen molar-refractivity contribution in [3.8, 4) is 0 Å². The maximum atomic E-state index is 12.7. The number of hydrogen-bond acceptors (Lipinski definition) is 2.